The minimum absolute atomic E-state index is 0.0706. The second kappa shape index (κ2) is 9.49. The Hall–Kier alpha value is -2.90. The van der Waals surface area contributed by atoms with Crippen LogP contribution in [0, 0.1) is 0 Å². The Labute approximate surface area is 188 Å². The molecule has 162 valence electrons. The largest absolute Gasteiger partial charge is 0.494 e. The van der Waals surface area contributed by atoms with Gasteiger partial charge in [0.15, 0.2) is 5.11 Å². The van der Waals surface area contributed by atoms with Crippen LogP contribution in [0.1, 0.15) is 30.5 Å². The molecular weight excluding hydrogens is 408 g/mol. The predicted octanol–water partition coefficient (Wildman–Crippen LogP) is 4.27. The zero-order chi connectivity index (χ0) is 21.8. The monoisotopic (exact) mass is 436 g/mol. The standard InChI is InChI=1S/C24H28N4O2S/c1-4-29-18-10-8-17(9-11-18)20-12-13-21(30-20)23-22(19-7-5-6-14-25-19)26-24(31)28(23)16-15-27(2)3/h5-14,22-23H,4,15-16H2,1-3H3,(H,26,31)/t22-,23+/m0/s1. The first-order valence-corrected chi connectivity index (χ1v) is 10.9. The van der Waals surface area contributed by atoms with E-state index in [9.17, 15) is 0 Å². The summed E-state index contributed by atoms with van der Waals surface area (Å²) in [7, 11) is 4.13. The number of hydrogen-bond acceptors (Lipinski definition) is 5. The molecule has 0 amide bonds. The number of thiocarbonyl (C=S) groups is 1. The second-order valence-corrected chi connectivity index (χ2v) is 8.17. The van der Waals surface area contributed by atoms with Gasteiger partial charge in [-0.2, -0.15) is 0 Å². The zero-order valence-electron chi connectivity index (χ0n) is 18.1. The molecule has 1 aromatic carbocycles. The highest BCUT2D eigenvalue weighted by atomic mass is 32.1. The average Bonchev–Trinajstić information content (AvgIpc) is 3.38. The van der Waals surface area contributed by atoms with E-state index in [1.807, 2.05) is 67.7 Å². The topological polar surface area (TPSA) is 53.8 Å². The van der Waals surface area contributed by atoms with Gasteiger partial charge >= 0.3 is 0 Å². The number of benzene rings is 1. The molecule has 1 fully saturated rings. The molecule has 1 aliphatic rings. The van der Waals surface area contributed by atoms with Gasteiger partial charge in [-0.15, -0.1) is 0 Å². The summed E-state index contributed by atoms with van der Waals surface area (Å²) < 4.78 is 11.9. The van der Waals surface area contributed by atoms with Crippen LogP contribution >= 0.6 is 12.2 Å². The maximum absolute atomic E-state index is 6.37. The molecular formula is C24H28N4O2S. The number of nitrogens with one attached hydrogen (secondary N) is 1. The van der Waals surface area contributed by atoms with Crippen molar-refractivity contribution in [2.45, 2.75) is 19.0 Å². The second-order valence-electron chi connectivity index (χ2n) is 7.78. The van der Waals surface area contributed by atoms with Crippen LogP contribution in [0.5, 0.6) is 5.75 Å². The van der Waals surface area contributed by atoms with Crippen molar-refractivity contribution in [1.29, 1.82) is 0 Å². The average molecular weight is 437 g/mol. The Balaban J connectivity index is 1.65. The van der Waals surface area contributed by atoms with Gasteiger partial charge in [0.2, 0.25) is 0 Å². The van der Waals surface area contributed by atoms with Crippen molar-refractivity contribution in [3.05, 3.63) is 72.2 Å². The highest BCUT2D eigenvalue weighted by molar-refractivity contribution is 7.80. The summed E-state index contributed by atoms with van der Waals surface area (Å²) in [4.78, 5) is 8.94. The number of aromatic nitrogens is 1. The van der Waals surface area contributed by atoms with Crippen molar-refractivity contribution < 1.29 is 9.15 Å². The first kappa shape index (κ1) is 21.3. The van der Waals surface area contributed by atoms with Crippen LogP contribution in [0.4, 0.5) is 0 Å². The fraction of sp³-hybridized carbons (Fsp3) is 0.333. The quantitative estimate of drug-likeness (QED) is 0.529. The summed E-state index contributed by atoms with van der Waals surface area (Å²) >= 11 is 5.70. The minimum atomic E-state index is -0.0739. The Morgan fingerprint density at radius 1 is 1.13 bits per heavy atom. The predicted molar refractivity (Wildman–Crippen MR) is 126 cm³/mol. The molecule has 7 heteroatoms. The van der Waals surface area contributed by atoms with Gasteiger partial charge in [0.25, 0.3) is 0 Å². The van der Waals surface area contributed by atoms with Gasteiger partial charge in [-0.05, 0) is 81.8 Å². The van der Waals surface area contributed by atoms with Crippen molar-refractivity contribution in [3.8, 4) is 17.1 Å². The summed E-state index contributed by atoms with van der Waals surface area (Å²) in [5.41, 5.74) is 1.96. The molecule has 3 heterocycles. The number of pyridine rings is 1. The number of rotatable bonds is 8. The third kappa shape index (κ3) is 4.73. The third-order valence-corrected chi connectivity index (χ3v) is 5.71. The van der Waals surface area contributed by atoms with Gasteiger partial charge in [-0.3, -0.25) is 4.98 Å². The number of likely N-dealkylation sites (N-methyl/N-ethyl adjacent to an activating group) is 1. The van der Waals surface area contributed by atoms with E-state index in [0.717, 1.165) is 46.7 Å². The lowest BCUT2D eigenvalue weighted by atomic mass is 10.0. The van der Waals surface area contributed by atoms with Gasteiger partial charge in [-0.25, -0.2) is 0 Å². The first-order valence-electron chi connectivity index (χ1n) is 10.5. The normalized spacial score (nSPS) is 18.5. The molecule has 0 radical (unpaired) electrons. The lowest BCUT2D eigenvalue weighted by Gasteiger charge is -2.27. The fourth-order valence-electron chi connectivity index (χ4n) is 3.81. The van der Waals surface area contributed by atoms with Gasteiger partial charge in [-0.1, -0.05) is 6.07 Å². The van der Waals surface area contributed by atoms with Crippen molar-refractivity contribution in [1.82, 2.24) is 20.1 Å². The van der Waals surface area contributed by atoms with Gasteiger partial charge in [0, 0.05) is 24.8 Å². The molecule has 31 heavy (non-hydrogen) atoms. The summed E-state index contributed by atoms with van der Waals surface area (Å²) in [6.07, 6.45) is 1.81. The lowest BCUT2D eigenvalue weighted by molar-refractivity contribution is 0.250. The van der Waals surface area contributed by atoms with Crippen LogP contribution in [0.15, 0.2) is 65.2 Å². The Kier molecular flexibility index (Phi) is 6.53. The van der Waals surface area contributed by atoms with Crippen LogP contribution in [0.3, 0.4) is 0 Å². The van der Waals surface area contributed by atoms with Crippen LogP contribution in [0.2, 0.25) is 0 Å². The van der Waals surface area contributed by atoms with Crippen molar-refractivity contribution in [2.75, 3.05) is 33.8 Å². The summed E-state index contributed by atoms with van der Waals surface area (Å²) in [6, 6.07) is 17.8. The van der Waals surface area contributed by atoms with E-state index in [1.54, 1.807) is 0 Å². The van der Waals surface area contributed by atoms with Crippen molar-refractivity contribution in [3.63, 3.8) is 0 Å². The van der Waals surface area contributed by atoms with Crippen LogP contribution in [-0.4, -0.2) is 53.7 Å². The van der Waals surface area contributed by atoms with Crippen LogP contribution in [-0.2, 0) is 0 Å². The van der Waals surface area contributed by atoms with E-state index in [2.05, 4.69) is 34.2 Å². The molecule has 0 bridgehead atoms. The molecule has 1 aliphatic heterocycles. The van der Waals surface area contributed by atoms with Crippen molar-refractivity contribution >= 4 is 17.3 Å². The molecule has 1 N–H and O–H groups in total. The number of nitrogens with zero attached hydrogens (tertiary/aromatic N) is 3. The van der Waals surface area contributed by atoms with E-state index in [4.69, 9.17) is 21.4 Å². The molecule has 6 nitrogen and oxygen atoms in total. The minimum Gasteiger partial charge on any atom is -0.494 e. The molecule has 2 aromatic heterocycles. The smallest absolute Gasteiger partial charge is 0.170 e. The van der Waals surface area contributed by atoms with Crippen LogP contribution < -0.4 is 10.1 Å². The number of ether oxygens (including phenoxy) is 1. The van der Waals surface area contributed by atoms with E-state index in [1.165, 1.54) is 0 Å². The molecule has 1 saturated heterocycles. The van der Waals surface area contributed by atoms with E-state index >= 15 is 0 Å². The molecule has 0 spiro atoms. The van der Waals surface area contributed by atoms with Crippen molar-refractivity contribution in [2.24, 2.45) is 0 Å². The maximum Gasteiger partial charge on any atom is 0.170 e. The van der Waals surface area contributed by atoms with Crippen LogP contribution in [0.25, 0.3) is 11.3 Å². The summed E-state index contributed by atoms with van der Waals surface area (Å²) in [5, 5.41) is 4.19. The highest BCUT2D eigenvalue weighted by Gasteiger charge is 2.41. The summed E-state index contributed by atoms with van der Waals surface area (Å²) in [6.45, 7) is 4.31. The Morgan fingerprint density at radius 3 is 2.61 bits per heavy atom. The van der Waals surface area contributed by atoms with E-state index in [0.29, 0.717) is 6.61 Å². The highest BCUT2D eigenvalue weighted by Crippen LogP contribution is 2.40. The molecule has 2 atom stereocenters. The molecule has 4 rings (SSSR count). The first-order chi connectivity index (χ1) is 15.1. The van der Waals surface area contributed by atoms with E-state index < -0.39 is 0 Å². The van der Waals surface area contributed by atoms with Gasteiger partial charge < -0.3 is 24.3 Å². The maximum atomic E-state index is 6.37. The summed E-state index contributed by atoms with van der Waals surface area (Å²) in [5.74, 6) is 2.54. The third-order valence-electron chi connectivity index (χ3n) is 5.35. The van der Waals surface area contributed by atoms with Gasteiger partial charge in [0.05, 0.1) is 18.3 Å². The SMILES string of the molecule is CCOc1ccc(-c2ccc([C@@H]3[C@H](c4ccccn4)NC(=S)N3CCN(C)C)o2)cc1. The molecule has 0 aliphatic carbocycles. The van der Waals surface area contributed by atoms with E-state index in [-0.39, 0.29) is 12.1 Å². The molecule has 0 unspecified atom stereocenters. The Bertz CT molecular complexity index is 1000. The fourth-order valence-corrected chi connectivity index (χ4v) is 4.14. The lowest BCUT2D eigenvalue weighted by Crippen LogP contribution is -2.35. The zero-order valence-corrected chi connectivity index (χ0v) is 18.9. The molecule has 3 aromatic rings. The number of furan rings is 1. The molecule has 0 saturated carbocycles. The Morgan fingerprint density at radius 2 is 1.94 bits per heavy atom. The van der Waals surface area contributed by atoms with Gasteiger partial charge in [0.1, 0.15) is 23.3 Å². The number of hydrogen-bond donors (Lipinski definition) is 1.